The van der Waals surface area contributed by atoms with Crippen molar-refractivity contribution < 1.29 is 18.6 Å². The predicted octanol–water partition coefficient (Wildman–Crippen LogP) is 2.16. The molecule has 1 aliphatic heterocycles. The minimum Gasteiger partial charge on any atom is -0.387 e. The molecule has 0 amide bonds. The van der Waals surface area contributed by atoms with Crippen molar-refractivity contribution >= 4 is 0 Å². The van der Waals surface area contributed by atoms with Gasteiger partial charge in [0.1, 0.15) is 11.6 Å². The standard InChI is InChI=1S/C14H19F2NO2/c1-9-14(2,6-7-19-9)17-8-12(18)13-10(15)4-3-5-11(13)16/h3-5,9,12,17-18H,6-8H2,1-2H3. The van der Waals surface area contributed by atoms with Crippen LogP contribution >= 0.6 is 0 Å². The molecule has 0 bridgehead atoms. The van der Waals surface area contributed by atoms with Gasteiger partial charge in [0.05, 0.1) is 17.8 Å². The number of halogens is 2. The van der Waals surface area contributed by atoms with Crippen molar-refractivity contribution in [3.8, 4) is 0 Å². The molecule has 3 atom stereocenters. The highest BCUT2D eigenvalue weighted by molar-refractivity contribution is 5.22. The van der Waals surface area contributed by atoms with Crippen molar-refractivity contribution in [1.29, 1.82) is 0 Å². The van der Waals surface area contributed by atoms with E-state index in [1.807, 2.05) is 13.8 Å². The lowest BCUT2D eigenvalue weighted by atomic mass is 9.94. The molecule has 2 rings (SSSR count). The molecule has 1 heterocycles. The van der Waals surface area contributed by atoms with Crippen LogP contribution in [0.25, 0.3) is 0 Å². The van der Waals surface area contributed by atoms with E-state index in [2.05, 4.69) is 5.32 Å². The summed E-state index contributed by atoms with van der Waals surface area (Å²) in [4.78, 5) is 0. The first-order valence-corrected chi connectivity index (χ1v) is 6.42. The Balaban J connectivity index is 2.04. The van der Waals surface area contributed by atoms with Crippen molar-refractivity contribution in [1.82, 2.24) is 5.32 Å². The fourth-order valence-corrected chi connectivity index (χ4v) is 2.33. The van der Waals surface area contributed by atoms with E-state index in [1.54, 1.807) is 0 Å². The van der Waals surface area contributed by atoms with Gasteiger partial charge in [-0.3, -0.25) is 0 Å². The van der Waals surface area contributed by atoms with Crippen LogP contribution in [0.2, 0.25) is 0 Å². The molecule has 0 radical (unpaired) electrons. The predicted molar refractivity (Wildman–Crippen MR) is 67.8 cm³/mol. The van der Waals surface area contributed by atoms with Crippen LogP contribution in [0.4, 0.5) is 8.78 Å². The first kappa shape index (κ1) is 14.4. The Morgan fingerprint density at radius 1 is 1.47 bits per heavy atom. The highest BCUT2D eigenvalue weighted by Gasteiger charge is 2.37. The SMILES string of the molecule is CC1OCCC1(C)NCC(O)c1c(F)cccc1F. The second-order valence-corrected chi connectivity index (χ2v) is 5.21. The molecule has 5 heteroatoms. The van der Waals surface area contributed by atoms with Crippen LogP contribution in [0.3, 0.4) is 0 Å². The second-order valence-electron chi connectivity index (χ2n) is 5.21. The van der Waals surface area contributed by atoms with Crippen LogP contribution < -0.4 is 5.32 Å². The van der Waals surface area contributed by atoms with E-state index in [1.165, 1.54) is 6.07 Å². The second kappa shape index (κ2) is 5.53. The van der Waals surface area contributed by atoms with Crippen molar-refractivity contribution in [2.45, 2.75) is 38.0 Å². The van der Waals surface area contributed by atoms with E-state index < -0.39 is 17.7 Å². The van der Waals surface area contributed by atoms with Gasteiger partial charge in [-0.1, -0.05) is 6.07 Å². The summed E-state index contributed by atoms with van der Waals surface area (Å²) in [7, 11) is 0. The number of benzene rings is 1. The van der Waals surface area contributed by atoms with Gasteiger partial charge in [-0.25, -0.2) is 8.78 Å². The first-order valence-electron chi connectivity index (χ1n) is 6.42. The average Bonchev–Trinajstić information content (AvgIpc) is 2.67. The Bertz CT molecular complexity index is 435. The maximum absolute atomic E-state index is 13.5. The Morgan fingerprint density at radius 2 is 2.11 bits per heavy atom. The van der Waals surface area contributed by atoms with Gasteiger partial charge in [0.2, 0.25) is 0 Å². The Kier molecular flexibility index (Phi) is 4.18. The van der Waals surface area contributed by atoms with E-state index in [4.69, 9.17) is 4.74 Å². The van der Waals surface area contributed by atoms with Gasteiger partial charge in [-0.15, -0.1) is 0 Å². The third-order valence-electron chi connectivity index (χ3n) is 3.92. The van der Waals surface area contributed by atoms with Crippen molar-refractivity contribution in [2.75, 3.05) is 13.2 Å². The number of hydrogen-bond donors (Lipinski definition) is 2. The lowest BCUT2D eigenvalue weighted by Crippen LogP contribution is -2.49. The van der Waals surface area contributed by atoms with E-state index in [9.17, 15) is 13.9 Å². The molecule has 2 N–H and O–H groups in total. The van der Waals surface area contributed by atoms with Crippen molar-refractivity contribution in [2.24, 2.45) is 0 Å². The van der Waals surface area contributed by atoms with Gasteiger partial charge >= 0.3 is 0 Å². The number of aliphatic hydroxyl groups is 1. The van der Waals surface area contributed by atoms with Gasteiger partial charge < -0.3 is 15.2 Å². The van der Waals surface area contributed by atoms with E-state index in [0.717, 1.165) is 18.6 Å². The zero-order chi connectivity index (χ0) is 14.0. The van der Waals surface area contributed by atoms with Gasteiger partial charge in [0.25, 0.3) is 0 Å². The minimum atomic E-state index is -1.22. The summed E-state index contributed by atoms with van der Waals surface area (Å²) < 4.78 is 32.5. The van der Waals surface area contributed by atoms with E-state index in [0.29, 0.717) is 6.61 Å². The molecule has 1 saturated heterocycles. The van der Waals surface area contributed by atoms with Crippen LogP contribution in [0, 0.1) is 11.6 Å². The number of rotatable bonds is 4. The lowest BCUT2D eigenvalue weighted by molar-refractivity contribution is 0.0791. The summed E-state index contributed by atoms with van der Waals surface area (Å²) in [6.45, 7) is 4.65. The zero-order valence-electron chi connectivity index (χ0n) is 11.1. The van der Waals surface area contributed by atoms with Gasteiger partial charge in [0, 0.05) is 18.7 Å². The average molecular weight is 271 g/mol. The summed E-state index contributed by atoms with van der Waals surface area (Å²) >= 11 is 0. The van der Waals surface area contributed by atoms with Gasteiger partial charge in [0.15, 0.2) is 0 Å². The third-order valence-corrected chi connectivity index (χ3v) is 3.92. The van der Waals surface area contributed by atoms with Gasteiger partial charge in [-0.2, -0.15) is 0 Å². The van der Waals surface area contributed by atoms with Crippen molar-refractivity contribution in [3.63, 3.8) is 0 Å². The molecular formula is C14H19F2NO2. The Morgan fingerprint density at radius 3 is 2.63 bits per heavy atom. The molecule has 0 aromatic heterocycles. The Hall–Kier alpha value is -1.04. The highest BCUT2D eigenvalue weighted by atomic mass is 19.1. The fourth-order valence-electron chi connectivity index (χ4n) is 2.33. The molecule has 1 aliphatic rings. The van der Waals surface area contributed by atoms with Crippen LogP contribution in [0.15, 0.2) is 18.2 Å². The molecule has 1 aromatic carbocycles. The molecule has 106 valence electrons. The third kappa shape index (κ3) is 2.94. The molecule has 3 unspecified atom stereocenters. The molecule has 0 saturated carbocycles. The molecule has 3 nitrogen and oxygen atoms in total. The van der Waals surface area contributed by atoms with Crippen molar-refractivity contribution in [3.05, 3.63) is 35.4 Å². The van der Waals surface area contributed by atoms with Gasteiger partial charge in [-0.05, 0) is 32.4 Å². The Labute approximate surface area is 111 Å². The summed E-state index contributed by atoms with van der Waals surface area (Å²) in [5, 5.41) is 13.1. The van der Waals surface area contributed by atoms with Crippen LogP contribution in [-0.2, 0) is 4.74 Å². The minimum absolute atomic E-state index is 0.00478. The maximum atomic E-state index is 13.5. The number of β-amino-alcohol motifs (C(OH)–C–C–N with tert-alkyl or cyclic N) is 1. The molecule has 1 fully saturated rings. The van der Waals surface area contributed by atoms with Crippen LogP contribution in [-0.4, -0.2) is 29.9 Å². The first-order chi connectivity index (χ1) is 8.94. The molecule has 1 aromatic rings. The van der Waals surface area contributed by atoms with Crippen LogP contribution in [0.1, 0.15) is 31.9 Å². The number of ether oxygens (including phenoxy) is 1. The zero-order valence-corrected chi connectivity index (χ0v) is 11.1. The fraction of sp³-hybridized carbons (Fsp3) is 0.571. The topological polar surface area (TPSA) is 41.5 Å². The largest absolute Gasteiger partial charge is 0.387 e. The molecule has 19 heavy (non-hydrogen) atoms. The monoisotopic (exact) mass is 271 g/mol. The molecule has 0 spiro atoms. The molecular weight excluding hydrogens is 252 g/mol. The highest BCUT2D eigenvalue weighted by Crippen LogP contribution is 2.26. The maximum Gasteiger partial charge on any atom is 0.131 e. The summed E-state index contributed by atoms with van der Waals surface area (Å²) in [6, 6.07) is 3.57. The number of aliphatic hydroxyl groups excluding tert-OH is 1. The summed E-state index contributed by atoms with van der Waals surface area (Å²) in [6.07, 6.45) is -0.406. The lowest BCUT2D eigenvalue weighted by Gasteiger charge is -2.30. The normalized spacial score (nSPS) is 28.6. The number of hydrogen-bond acceptors (Lipinski definition) is 3. The smallest absolute Gasteiger partial charge is 0.131 e. The summed E-state index contributed by atoms with van der Waals surface area (Å²) in [5.41, 5.74) is -0.562. The quantitative estimate of drug-likeness (QED) is 0.881. The van der Waals surface area contributed by atoms with Crippen LogP contribution in [0.5, 0.6) is 0 Å². The molecule has 0 aliphatic carbocycles. The van der Waals surface area contributed by atoms with E-state index >= 15 is 0 Å². The summed E-state index contributed by atoms with van der Waals surface area (Å²) in [5.74, 6) is -1.45. The number of nitrogens with one attached hydrogen (secondary N) is 1. The van der Waals surface area contributed by atoms with E-state index in [-0.39, 0.29) is 23.8 Å².